The van der Waals surface area contributed by atoms with Crippen LogP contribution >= 0.6 is 47.2 Å². The molecule has 18 heavy (non-hydrogen) atoms. The molecule has 0 aliphatic carbocycles. The van der Waals surface area contributed by atoms with E-state index >= 15 is 0 Å². The Hall–Kier alpha value is 0.300. The fourth-order valence-corrected chi connectivity index (χ4v) is 3.07. The number of hydrogen-bond donors (Lipinski definition) is 2. The van der Waals surface area contributed by atoms with Crippen LogP contribution in [0.3, 0.4) is 0 Å². The Balaban J connectivity index is 0.00000162. The first-order valence-electron chi connectivity index (χ1n) is 5.71. The lowest BCUT2D eigenvalue weighted by Crippen LogP contribution is -2.34. The lowest BCUT2D eigenvalue weighted by Gasteiger charge is -2.29. The van der Waals surface area contributed by atoms with Crippen LogP contribution in [0.4, 0.5) is 0 Å². The molecule has 0 bridgehead atoms. The van der Waals surface area contributed by atoms with E-state index in [1.807, 2.05) is 0 Å². The molecular formula is C12H16Cl4N2. The van der Waals surface area contributed by atoms with Crippen LogP contribution in [0.15, 0.2) is 12.1 Å². The van der Waals surface area contributed by atoms with Gasteiger partial charge in [-0.25, -0.2) is 0 Å². The molecule has 0 amide bonds. The normalized spacial score (nSPS) is 18.2. The summed E-state index contributed by atoms with van der Waals surface area (Å²) in [6, 6.07) is 3.31. The van der Waals surface area contributed by atoms with Gasteiger partial charge in [-0.1, -0.05) is 34.8 Å². The predicted octanol–water partition coefficient (Wildman–Crippen LogP) is 4.07. The Morgan fingerprint density at radius 3 is 2.28 bits per heavy atom. The zero-order valence-corrected chi connectivity index (χ0v) is 12.8. The first-order chi connectivity index (χ1) is 8.11. The molecule has 0 spiro atoms. The molecule has 0 radical (unpaired) electrons. The summed E-state index contributed by atoms with van der Waals surface area (Å²) in [5.74, 6) is 0.407. The SMILES string of the molecule is Cl.N[C@@H](c1c(Cl)ccc(Cl)c1Cl)C1CCNCC1. The van der Waals surface area contributed by atoms with E-state index in [9.17, 15) is 0 Å². The number of nitrogens with two attached hydrogens (primary N) is 1. The number of hydrogen-bond acceptors (Lipinski definition) is 2. The minimum absolute atomic E-state index is 0. The Labute approximate surface area is 129 Å². The van der Waals surface area contributed by atoms with Crippen LogP contribution in [0, 0.1) is 5.92 Å². The highest BCUT2D eigenvalue weighted by molar-refractivity contribution is 6.44. The molecule has 0 unspecified atom stereocenters. The topological polar surface area (TPSA) is 38.0 Å². The average molecular weight is 330 g/mol. The first-order valence-corrected chi connectivity index (χ1v) is 6.84. The number of benzene rings is 1. The Morgan fingerprint density at radius 1 is 1.11 bits per heavy atom. The van der Waals surface area contributed by atoms with E-state index in [1.165, 1.54) is 0 Å². The van der Waals surface area contributed by atoms with Gasteiger partial charge in [0.25, 0.3) is 0 Å². The summed E-state index contributed by atoms with van der Waals surface area (Å²) in [5.41, 5.74) is 7.07. The van der Waals surface area contributed by atoms with Crippen LogP contribution in [-0.4, -0.2) is 13.1 Å². The van der Waals surface area contributed by atoms with Gasteiger partial charge in [0.05, 0.1) is 10.0 Å². The number of nitrogens with one attached hydrogen (secondary N) is 1. The molecule has 6 heteroatoms. The molecule has 2 nitrogen and oxygen atoms in total. The van der Waals surface area contributed by atoms with Crippen molar-refractivity contribution >= 4 is 47.2 Å². The zero-order valence-electron chi connectivity index (χ0n) is 9.76. The van der Waals surface area contributed by atoms with Gasteiger partial charge in [-0.2, -0.15) is 0 Å². The molecule has 0 saturated carbocycles. The molecule has 1 fully saturated rings. The largest absolute Gasteiger partial charge is 0.324 e. The lowest BCUT2D eigenvalue weighted by atomic mass is 9.86. The van der Waals surface area contributed by atoms with E-state index < -0.39 is 0 Å². The molecule has 1 saturated heterocycles. The Morgan fingerprint density at radius 2 is 1.67 bits per heavy atom. The number of piperidine rings is 1. The highest BCUT2D eigenvalue weighted by Crippen LogP contribution is 2.39. The van der Waals surface area contributed by atoms with Crippen LogP contribution in [-0.2, 0) is 0 Å². The maximum atomic E-state index is 6.28. The monoisotopic (exact) mass is 328 g/mol. The standard InChI is InChI=1S/C12H15Cl3N2.ClH/c13-8-1-2-9(14)11(15)10(8)12(16)7-3-5-17-6-4-7;/h1-2,7,12,17H,3-6,16H2;1H/t12-;/m1./s1. The van der Waals surface area contributed by atoms with Gasteiger partial charge in [0.1, 0.15) is 0 Å². The van der Waals surface area contributed by atoms with Crippen LogP contribution < -0.4 is 11.1 Å². The molecule has 2 rings (SSSR count). The second-order valence-electron chi connectivity index (χ2n) is 4.37. The third kappa shape index (κ3) is 3.44. The zero-order chi connectivity index (χ0) is 12.4. The van der Waals surface area contributed by atoms with E-state index in [-0.39, 0.29) is 18.4 Å². The number of halogens is 4. The predicted molar refractivity (Wildman–Crippen MR) is 81.2 cm³/mol. The quantitative estimate of drug-likeness (QED) is 0.803. The minimum Gasteiger partial charge on any atom is -0.324 e. The van der Waals surface area contributed by atoms with Gasteiger partial charge < -0.3 is 11.1 Å². The summed E-state index contributed by atoms with van der Waals surface area (Å²) in [4.78, 5) is 0. The summed E-state index contributed by atoms with van der Waals surface area (Å²) in [6.07, 6.45) is 2.08. The highest BCUT2D eigenvalue weighted by atomic mass is 35.5. The third-order valence-electron chi connectivity index (χ3n) is 3.30. The van der Waals surface area contributed by atoms with Gasteiger partial charge in [-0.05, 0) is 44.0 Å². The summed E-state index contributed by atoms with van der Waals surface area (Å²) in [6.45, 7) is 1.99. The van der Waals surface area contributed by atoms with Crippen LogP contribution in [0.5, 0.6) is 0 Å². The Bertz CT molecular complexity index is 405. The van der Waals surface area contributed by atoms with Crippen molar-refractivity contribution in [3.05, 3.63) is 32.8 Å². The molecule has 102 valence electrons. The van der Waals surface area contributed by atoms with E-state index in [4.69, 9.17) is 40.5 Å². The second-order valence-corrected chi connectivity index (χ2v) is 5.56. The molecule has 1 aliphatic heterocycles. The van der Waals surface area contributed by atoms with E-state index in [2.05, 4.69) is 5.32 Å². The molecule has 3 N–H and O–H groups in total. The van der Waals surface area contributed by atoms with Gasteiger partial charge in [0.2, 0.25) is 0 Å². The van der Waals surface area contributed by atoms with Crippen LogP contribution in [0.1, 0.15) is 24.4 Å². The minimum atomic E-state index is -0.143. The lowest BCUT2D eigenvalue weighted by molar-refractivity contribution is 0.322. The van der Waals surface area contributed by atoms with Crippen molar-refractivity contribution in [2.24, 2.45) is 11.7 Å². The summed E-state index contributed by atoms with van der Waals surface area (Å²) >= 11 is 18.4. The van der Waals surface area contributed by atoms with Crippen molar-refractivity contribution in [1.82, 2.24) is 5.32 Å². The molecule has 1 aromatic rings. The van der Waals surface area contributed by atoms with Gasteiger partial charge in [-0.15, -0.1) is 12.4 Å². The van der Waals surface area contributed by atoms with E-state index in [1.54, 1.807) is 12.1 Å². The Kier molecular flexibility index (Phi) is 6.52. The molecular weight excluding hydrogens is 314 g/mol. The van der Waals surface area contributed by atoms with Crippen LogP contribution in [0.25, 0.3) is 0 Å². The van der Waals surface area contributed by atoms with Gasteiger partial charge in [0, 0.05) is 16.6 Å². The first kappa shape index (κ1) is 16.4. The average Bonchev–Trinajstić information content (AvgIpc) is 2.35. The maximum absolute atomic E-state index is 6.28. The summed E-state index contributed by atoms with van der Waals surface area (Å²) in [5, 5.41) is 4.92. The number of rotatable bonds is 2. The van der Waals surface area contributed by atoms with Crippen molar-refractivity contribution in [3.63, 3.8) is 0 Å². The van der Waals surface area contributed by atoms with Gasteiger partial charge >= 0.3 is 0 Å². The molecule has 1 aromatic carbocycles. The van der Waals surface area contributed by atoms with E-state index in [0.29, 0.717) is 21.0 Å². The molecule has 0 aromatic heterocycles. The fourth-order valence-electron chi connectivity index (χ4n) is 2.29. The molecule has 1 heterocycles. The summed E-state index contributed by atoms with van der Waals surface area (Å²) < 4.78 is 0. The smallest absolute Gasteiger partial charge is 0.0655 e. The molecule has 1 aliphatic rings. The molecule has 1 atom stereocenters. The summed E-state index contributed by atoms with van der Waals surface area (Å²) in [7, 11) is 0. The van der Waals surface area contributed by atoms with Crippen molar-refractivity contribution < 1.29 is 0 Å². The van der Waals surface area contributed by atoms with Crippen molar-refractivity contribution in [2.45, 2.75) is 18.9 Å². The maximum Gasteiger partial charge on any atom is 0.0655 e. The van der Waals surface area contributed by atoms with E-state index in [0.717, 1.165) is 31.5 Å². The van der Waals surface area contributed by atoms with Crippen molar-refractivity contribution in [3.8, 4) is 0 Å². The van der Waals surface area contributed by atoms with Gasteiger partial charge in [0.15, 0.2) is 0 Å². The van der Waals surface area contributed by atoms with Crippen LogP contribution in [0.2, 0.25) is 15.1 Å². The fraction of sp³-hybridized carbons (Fsp3) is 0.500. The third-order valence-corrected chi connectivity index (χ3v) is 4.45. The second kappa shape index (κ2) is 7.18. The van der Waals surface area contributed by atoms with Crippen molar-refractivity contribution in [2.75, 3.05) is 13.1 Å². The highest BCUT2D eigenvalue weighted by Gasteiger charge is 2.26. The van der Waals surface area contributed by atoms with Gasteiger partial charge in [-0.3, -0.25) is 0 Å². The van der Waals surface area contributed by atoms with Crippen molar-refractivity contribution in [1.29, 1.82) is 0 Å².